The van der Waals surface area contributed by atoms with Crippen LogP contribution >= 0.6 is 0 Å². The molecule has 1 aromatic carbocycles. The molecule has 5 rings (SSSR count). The topological polar surface area (TPSA) is 63.7 Å². The third-order valence-corrected chi connectivity index (χ3v) is 6.21. The number of ether oxygens (including phenoxy) is 2. The first kappa shape index (κ1) is 18.4. The minimum atomic E-state index is -1.12. The molecule has 3 aliphatic rings. The molecule has 4 heterocycles. The van der Waals surface area contributed by atoms with Gasteiger partial charge in [-0.2, -0.15) is 0 Å². The Kier molecular flexibility index (Phi) is 4.42. The van der Waals surface area contributed by atoms with Gasteiger partial charge in [0.25, 0.3) is 5.91 Å². The van der Waals surface area contributed by atoms with Crippen LogP contribution in [-0.4, -0.2) is 36.3 Å². The second-order valence-corrected chi connectivity index (χ2v) is 8.02. The van der Waals surface area contributed by atoms with E-state index in [1.807, 2.05) is 36.9 Å². The zero-order valence-corrected chi connectivity index (χ0v) is 16.6. The number of hydrogen-bond acceptors (Lipinski definition) is 5. The smallest absolute Gasteiger partial charge is 0.253 e. The van der Waals surface area contributed by atoms with E-state index in [-0.39, 0.29) is 12.5 Å². The van der Waals surface area contributed by atoms with Crippen LogP contribution in [0.15, 0.2) is 18.2 Å². The average molecular weight is 397 g/mol. The molecule has 6 nitrogen and oxygen atoms in total. The number of aromatic nitrogens is 1. The second-order valence-electron chi connectivity index (χ2n) is 8.02. The third-order valence-electron chi connectivity index (χ3n) is 6.21. The van der Waals surface area contributed by atoms with Crippen LogP contribution in [0.25, 0.3) is 0 Å². The van der Waals surface area contributed by atoms with Gasteiger partial charge in [0, 0.05) is 13.0 Å². The lowest BCUT2D eigenvalue weighted by atomic mass is 10.0. The second kappa shape index (κ2) is 6.99. The normalized spacial score (nSPS) is 23.0. The molecular formula is C22H24FN3O3. The molecule has 1 aromatic heterocycles. The van der Waals surface area contributed by atoms with Gasteiger partial charge in [-0.25, -0.2) is 9.37 Å². The van der Waals surface area contributed by atoms with Gasteiger partial charge in [-0.05, 0) is 48.2 Å². The first-order valence-corrected chi connectivity index (χ1v) is 10.0. The highest BCUT2D eigenvalue weighted by Gasteiger charge is 2.34. The van der Waals surface area contributed by atoms with Gasteiger partial charge in [0.2, 0.25) is 0 Å². The van der Waals surface area contributed by atoms with Crippen LogP contribution in [0.5, 0.6) is 5.75 Å². The quantitative estimate of drug-likeness (QED) is 0.863. The number of halogens is 1. The molecule has 3 aliphatic heterocycles. The van der Waals surface area contributed by atoms with Crippen molar-refractivity contribution in [3.05, 3.63) is 51.7 Å². The molecule has 29 heavy (non-hydrogen) atoms. The number of nitrogens with zero attached hydrogens (tertiary/aromatic N) is 2. The highest BCUT2D eigenvalue weighted by molar-refractivity contribution is 5.99. The molecule has 1 saturated heterocycles. The van der Waals surface area contributed by atoms with E-state index >= 15 is 4.39 Å². The van der Waals surface area contributed by atoms with Crippen LogP contribution in [0.3, 0.4) is 0 Å². The van der Waals surface area contributed by atoms with Crippen molar-refractivity contribution in [2.75, 3.05) is 18.0 Å². The van der Waals surface area contributed by atoms with Crippen molar-refractivity contribution in [1.82, 2.24) is 10.3 Å². The number of anilines is 1. The van der Waals surface area contributed by atoms with Crippen LogP contribution in [0.4, 0.5) is 10.2 Å². The lowest BCUT2D eigenvalue weighted by Crippen LogP contribution is -2.47. The Labute approximate surface area is 169 Å². The van der Waals surface area contributed by atoms with Crippen molar-refractivity contribution < 1.29 is 18.7 Å². The molecule has 0 bridgehead atoms. The molecule has 2 aromatic rings. The molecule has 2 unspecified atom stereocenters. The summed E-state index contributed by atoms with van der Waals surface area (Å²) in [5.74, 6) is 1.39. The lowest BCUT2D eigenvalue weighted by Gasteiger charge is -2.36. The molecule has 152 valence electrons. The van der Waals surface area contributed by atoms with Crippen molar-refractivity contribution in [2.45, 2.75) is 52.3 Å². The SMILES string of the molecule is Cc1c(N2CCC(Oc3ccc4c(c3)COC4)C(F)C2)nc2c(c1C)C(=O)NC2. The van der Waals surface area contributed by atoms with E-state index in [4.69, 9.17) is 14.5 Å². The average Bonchev–Trinajstić information content (AvgIpc) is 3.32. The standard InChI is InChI=1S/C22H24FN3O3/c1-12-13(2)21(25-18-8-24-22(27)20(12)18)26-6-5-19(17(23)9-26)29-16-4-3-14-10-28-11-15(14)7-16/h3-4,7,17,19H,5-6,8-11H2,1-2H3,(H,24,27). The van der Waals surface area contributed by atoms with Crippen LogP contribution in [0, 0.1) is 13.8 Å². The maximum Gasteiger partial charge on any atom is 0.253 e. The van der Waals surface area contributed by atoms with Gasteiger partial charge in [-0.3, -0.25) is 4.79 Å². The number of piperidine rings is 1. The summed E-state index contributed by atoms with van der Waals surface area (Å²) in [6.07, 6.45) is -1.03. The summed E-state index contributed by atoms with van der Waals surface area (Å²) in [5.41, 5.74) is 5.57. The van der Waals surface area contributed by atoms with Crippen molar-refractivity contribution in [1.29, 1.82) is 0 Å². The van der Waals surface area contributed by atoms with E-state index in [1.165, 1.54) is 5.56 Å². The number of hydrogen-bond donors (Lipinski definition) is 1. The van der Waals surface area contributed by atoms with Gasteiger partial charge in [-0.15, -0.1) is 0 Å². The monoisotopic (exact) mass is 397 g/mol. The minimum Gasteiger partial charge on any atom is -0.487 e. The zero-order chi connectivity index (χ0) is 20.1. The Bertz CT molecular complexity index is 994. The van der Waals surface area contributed by atoms with E-state index in [0.717, 1.165) is 28.2 Å². The Morgan fingerprint density at radius 2 is 2.07 bits per heavy atom. The van der Waals surface area contributed by atoms with Gasteiger partial charge >= 0.3 is 0 Å². The zero-order valence-electron chi connectivity index (χ0n) is 16.6. The van der Waals surface area contributed by atoms with Crippen LogP contribution in [0.1, 0.15) is 44.7 Å². The molecule has 1 amide bonds. The summed E-state index contributed by atoms with van der Waals surface area (Å²) in [6.45, 7) is 6.43. The number of nitrogens with one attached hydrogen (secondary N) is 1. The van der Waals surface area contributed by atoms with E-state index in [1.54, 1.807) is 0 Å². The predicted octanol–water partition coefficient (Wildman–Crippen LogP) is 2.97. The summed E-state index contributed by atoms with van der Waals surface area (Å²) in [5, 5.41) is 2.82. The summed E-state index contributed by atoms with van der Waals surface area (Å²) in [7, 11) is 0. The van der Waals surface area contributed by atoms with Crippen molar-refractivity contribution >= 4 is 11.7 Å². The molecular weight excluding hydrogens is 373 g/mol. The first-order valence-electron chi connectivity index (χ1n) is 10.0. The first-order chi connectivity index (χ1) is 14.0. The van der Waals surface area contributed by atoms with Gasteiger partial charge in [0.15, 0.2) is 6.17 Å². The van der Waals surface area contributed by atoms with Gasteiger partial charge in [0.1, 0.15) is 17.7 Å². The lowest BCUT2D eigenvalue weighted by molar-refractivity contribution is 0.0817. The van der Waals surface area contributed by atoms with Crippen molar-refractivity contribution in [2.24, 2.45) is 0 Å². The molecule has 1 fully saturated rings. The highest BCUT2D eigenvalue weighted by Crippen LogP contribution is 2.32. The van der Waals surface area contributed by atoms with Crippen molar-refractivity contribution in [3.63, 3.8) is 0 Å². The highest BCUT2D eigenvalue weighted by atomic mass is 19.1. The number of carbonyl (C=O) groups excluding carboxylic acids is 1. The number of alkyl halides is 1. The molecule has 0 radical (unpaired) electrons. The molecule has 0 spiro atoms. The van der Waals surface area contributed by atoms with Crippen LogP contribution in [0.2, 0.25) is 0 Å². The number of benzene rings is 1. The fourth-order valence-electron chi connectivity index (χ4n) is 4.43. The van der Waals surface area contributed by atoms with Crippen LogP contribution < -0.4 is 15.0 Å². The van der Waals surface area contributed by atoms with Crippen LogP contribution in [-0.2, 0) is 24.5 Å². The number of pyridine rings is 1. The summed E-state index contributed by atoms with van der Waals surface area (Å²) >= 11 is 0. The Balaban J connectivity index is 1.32. The summed E-state index contributed by atoms with van der Waals surface area (Å²) in [6, 6.07) is 5.85. The molecule has 0 saturated carbocycles. The van der Waals surface area contributed by atoms with E-state index in [0.29, 0.717) is 44.0 Å². The van der Waals surface area contributed by atoms with Gasteiger partial charge in [-0.1, -0.05) is 6.07 Å². The molecule has 0 aliphatic carbocycles. The molecule has 7 heteroatoms. The predicted molar refractivity (Wildman–Crippen MR) is 106 cm³/mol. The summed E-state index contributed by atoms with van der Waals surface area (Å²) in [4.78, 5) is 18.7. The largest absolute Gasteiger partial charge is 0.487 e. The van der Waals surface area contributed by atoms with E-state index < -0.39 is 12.3 Å². The molecule has 2 atom stereocenters. The minimum absolute atomic E-state index is 0.0742. The Morgan fingerprint density at radius 1 is 1.24 bits per heavy atom. The number of fused-ring (bicyclic) bond motifs is 2. The Morgan fingerprint density at radius 3 is 2.90 bits per heavy atom. The maximum atomic E-state index is 15.0. The van der Waals surface area contributed by atoms with Crippen molar-refractivity contribution in [3.8, 4) is 5.75 Å². The Hall–Kier alpha value is -2.67. The number of rotatable bonds is 3. The fraction of sp³-hybridized carbons (Fsp3) is 0.455. The summed E-state index contributed by atoms with van der Waals surface area (Å²) < 4.78 is 26.4. The van der Waals surface area contributed by atoms with E-state index in [2.05, 4.69) is 5.32 Å². The third kappa shape index (κ3) is 3.13. The van der Waals surface area contributed by atoms with E-state index in [9.17, 15) is 4.79 Å². The maximum absolute atomic E-state index is 15.0. The van der Waals surface area contributed by atoms with Gasteiger partial charge < -0.3 is 19.7 Å². The fourth-order valence-corrected chi connectivity index (χ4v) is 4.43. The number of carbonyl (C=O) groups is 1. The number of amides is 1. The molecule has 1 N–H and O–H groups in total. The van der Waals surface area contributed by atoms with Gasteiger partial charge in [0.05, 0.1) is 37.6 Å².